The minimum absolute atomic E-state index is 0.258. The lowest BCUT2D eigenvalue weighted by Crippen LogP contribution is -1.98. The van der Waals surface area contributed by atoms with Crippen LogP contribution in [-0.2, 0) is 11.2 Å². The number of fused-ring (bicyclic) bond motifs is 1. The number of ether oxygens (including phenoxy) is 1. The van der Waals surface area contributed by atoms with Crippen molar-refractivity contribution in [2.45, 2.75) is 12.8 Å². The number of rotatable bonds is 4. The zero-order valence-corrected chi connectivity index (χ0v) is 8.68. The molecule has 4 nitrogen and oxygen atoms in total. The number of pyridine rings is 1. The molecule has 2 heterocycles. The fourth-order valence-corrected chi connectivity index (χ4v) is 1.59. The topological polar surface area (TPSA) is 46.8 Å². The number of hydrogen-bond acceptors (Lipinski definition) is 3. The first kappa shape index (κ1) is 9.98. The van der Waals surface area contributed by atoms with Gasteiger partial charge in [-0.2, -0.15) is 0 Å². The van der Waals surface area contributed by atoms with Crippen molar-refractivity contribution in [1.29, 1.82) is 0 Å². The van der Waals surface area contributed by atoms with Crippen LogP contribution >= 0.6 is 0 Å². The van der Waals surface area contributed by atoms with Gasteiger partial charge in [0.2, 0.25) is 0 Å². The van der Waals surface area contributed by atoms with Gasteiger partial charge in [-0.1, -0.05) is 0 Å². The Balaban J connectivity index is 2.23. The SMILES string of the molecule is COCCCc1ncc2ccc(O)cn12. The van der Waals surface area contributed by atoms with E-state index in [1.807, 2.05) is 16.7 Å². The van der Waals surface area contributed by atoms with Crippen LogP contribution in [0, 0.1) is 0 Å². The normalized spacial score (nSPS) is 11.0. The summed E-state index contributed by atoms with van der Waals surface area (Å²) in [7, 11) is 1.69. The lowest BCUT2D eigenvalue weighted by Gasteiger charge is -2.01. The van der Waals surface area contributed by atoms with Gasteiger partial charge in [0.1, 0.15) is 11.6 Å². The van der Waals surface area contributed by atoms with Crippen molar-refractivity contribution in [3.8, 4) is 5.75 Å². The van der Waals surface area contributed by atoms with Crippen LogP contribution in [0.4, 0.5) is 0 Å². The van der Waals surface area contributed by atoms with Gasteiger partial charge in [-0.15, -0.1) is 0 Å². The maximum absolute atomic E-state index is 9.37. The lowest BCUT2D eigenvalue weighted by molar-refractivity contribution is 0.194. The Morgan fingerprint density at radius 2 is 2.33 bits per heavy atom. The van der Waals surface area contributed by atoms with Crippen molar-refractivity contribution >= 4 is 5.52 Å². The first-order valence-corrected chi connectivity index (χ1v) is 4.95. The molecule has 2 aromatic heterocycles. The van der Waals surface area contributed by atoms with Crippen LogP contribution in [0.15, 0.2) is 24.5 Å². The first-order chi connectivity index (χ1) is 7.31. The van der Waals surface area contributed by atoms with Crippen molar-refractivity contribution in [2.24, 2.45) is 0 Å². The third-order valence-electron chi connectivity index (χ3n) is 2.34. The van der Waals surface area contributed by atoms with Gasteiger partial charge in [0, 0.05) is 20.1 Å². The highest BCUT2D eigenvalue weighted by molar-refractivity contribution is 5.48. The third kappa shape index (κ3) is 2.10. The van der Waals surface area contributed by atoms with Crippen LogP contribution in [0.2, 0.25) is 0 Å². The van der Waals surface area contributed by atoms with Gasteiger partial charge < -0.3 is 14.2 Å². The van der Waals surface area contributed by atoms with E-state index in [4.69, 9.17) is 4.74 Å². The highest BCUT2D eigenvalue weighted by Crippen LogP contribution is 2.14. The number of imidazole rings is 1. The molecular formula is C11H14N2O2. The molecule has 0 aliphatic heterocycles. The Labute approximate surface area is 88.1 Å². The van der Waals surface area contributed by atoms with Crippen molar-refractivity contribution in [2.75, 3.05) is 13.7 Å². The monoisotopic (exact) mass is 206 g/mol. The van der Waals surface area contributed by atoms with Crippen molar-refractivity contribution in [3.63, 3.8) is 0 Å². The van der Waals surface area contributed by atoms with Crippen LogP contribution in [0.1, 0.15) is 12.2 Å². The summed E-state index contributed by atoms with van der Waals surface area (Å²) in [5.41, 5.74) is 1.00. The van der Waals surface area contributed by atoms with Crippen LogP contribution in [0.25, 0.3) is 5.52 Å². The van der Waals surface area contributed by atoms with Gasteiger partial charge in [-0.3, -0.25) is 0 Å². The van der Waals surface area contributed by atoms with E-state index in [9.17, 15) is 5.11 Å². The summed E-state index contributed by atoms with van der Waals surface area (Å²) in [6.07, 6.45) is 5.28. The minimum Gasteiger partial charge on any atom is -0.506 e. The Bertz CT molecular complexity index is 451. The Kier molecular flexibility index (Phi) is 2.87. The molecule has 15 heavy (non-hydrogen) atoms. The number of aromatic nitrogens is 2. The van der Waals surface area contributed by atoms with Crippen LogP contribution in [-0.4, -0.2) is 28.2 Å². The maximum atomic E-state index is 9.37. The zero-order valence-electron chi connectivity index (χ0n) is 8.68. The predicted octanol–water partition coefficient (Wildman–Crippen LogP) is 1.62. The van der Waals surface area contributed by atoms with Gasteiger partial charge in [0.15, 0.2) is 0 Å². The molecule has 1 N–H and O–H groups in total. The quantitative estimate of drug-likeness (QED) is 0.773. The highest BCUT2D eigenvalue weighted by atomic mass is 16.5. The van der Waals surface area contributed by atoms with Crippen molar-refractivity contribution in [1.82, 2.24) is 9.38 Å². The second kappa shape index (κ2) is 4.31. The highest BCUT2D eigenvalue weighted by Gasteiger charge is 2.03. The molecule has 0 radical (unpaired) electrons. The average molecular weight is 206 g/mol. The van der Waals surface area contributed by atoms with Crippen molar-refractivity contribution < 1.29 is 9.84 Å². The van der Waals surface area contributed by atoms with Crippen molar-refractivity contribution in [3.05, 3.63) is 30.4 Å². The molecular weight excluding hydrogens is 192 g/mol. The fourth-order valence-electron chi connectivity index (χ4n) is 1.59. The number of methoxy groups -OCH3 is 1. The summed E-state index contributed by atoms with van der Waals surface area (Å²) in [6, 6.07) is 3.51. The second-order valence-electron chi connectivity index (χ2n) is 3.45. The molecule has 0 atom stereocenters. The van der Waals surface area contributed by atoms with Crippen LogP contribution in [0.5, 0.6) is 5.75 Å². The first-order valence-electron chi connectivity index (χ1n) is 4.95. The van der Waals surface area contributed by atoms with Gasteiger partial charge in [0.05, 0.1) is 17.9 Å². The molecule has 0 bridgehead atoms. The summed E-state index contributed by atoms with van der Waals surface area (Å²) in [4.78, 5) is 4.30. The zero-order chi connectivity index (χ0) is 10.7. The number of hydrogen-bond donors (Lipinski definition) is 1. The van der Waals surface area contributed by atoms with E-state index in [2.05, 4.69) is 4.98 Å². The average Bonchev–Trinajstić information content (AvgIpc) is 2.62. The number of nitrogens with zero attached hydrogens (tertiary/aromatic N) is 2. The molecule has 0 unspecified atom stereocenters. The van der Waals surface area contributed by atoms with Gasteiger partial charge in [-0.05, 0) is 18.6 Å². The minimum atomic E-state index is 0.258. The van der Waals surface area contributed by atoms with E-state index < -0.39 is 0 Å². The summed E-state index contributed by atoms with van der Waals surface area (Å²) < 4.78 is 6.90. The largest absolute Gasteiger partial charge is 0.506 e. The Morgan fingerprint density at radius 3 is 3.13 bits per heavy atom. The van der Waals surface area contributed by atoms with E-state index in [-0.39, 0.29) is 5.75 Å². The predicted molar refractivity (Wildman–Crippen MR) is 57.1 cm³/mol. The summed E-state index contributed by atoms with van der Waals surface area (Å²) >= 11 is 0. The molecule has 0 amide bonds. The second-order valence-corrected chi connectivity index (χ2v) is 3.45. The third-order valence-corrected chi connectivity index (χ3v) is 2.34. The van der Waals surface area contributed by atoms with E-state index in [1.54, 1.807) is 19.4 Å². The van der Waals surface area contributed by atoms with Gasteiger partial charge in [0.25, 0.3) is 0 Å². The molecule has 4 heteroatoms. The molecule has 0 spiro atoms. The van der Waals surface area contributed by atoms with Crippen LogP contribution in [0.3, 0.4) is 0 Å². The molecule has 0 saturated carbocycles. The molecule has 2 rings (SSSR count). The van der Waals surface area contributed by atoms with Crippen LogP contribution < -0.4 is 0 Å². The molecule has 2 aromatic rings. The lowest BCUT2D eigenvalue weighted by atomic mass is 10.3. The Hall–Kier alpha value is -1.55. The molecule has 0 aromatic carbocycles. The fraction of sp³-hybridized carbons (Fsp3) is 0.364. The standard InChI is InChI=1S/C11H14N2O2/c1-15-6-2-3-11-12-7-9-4-5-10(14)8-13(9)11/h4-5,7-8,14H,2-3,6H2,1H3. The van der Waals surface area contributed by atoms with E-state index >= 15 is 0 Å². The molecule has 0 aliphatic rings. The molecule has 0 fully saturated rings. The van der Waals surface area contributed by atoms with E-state index in [0.29, 0.717) is 0 Å². The number of aryl methyl sites for hydroxylation is 1. The van der Waals surface area contributed by atoms with Gasteiger partial charge >= 0.3 is 0 Å². The summed E-state index contributed by atoms with van der Waals surface area (Å²) in [5.74, 6) is 1.21. The van der Waals surface area contributed by atoms with Gasteiger partial charge in [-0.25, -0.2) is 4.98 Å². The maximum Gasteiger partial charge on any atom is 0.132 e. The summed E-state index contributed by atoms with van der Waals surface area (Å²) in [6.45, 7) is 0.730. The smallest absolute Gasteiger partial charge is 0.132 e. The van der Waals surface area contributed by atoms with E-state index in [0.717, 1.165) is 30.8 Å². The Morgan fingerprint density at radius 1 is 1.47 bits per heavy atom. The molecule has 0 saturated heterocycles. The van der Waals surface area contributed by atoms with E-state index in [1.165, 1.54) is 0 Å². The number of aromatic hydroxyl groups is 1. The molecule has 80 valence electrons. The molecule has 0 aliphatic carbocycles. The summed E-state index contributed by atoms with van der Waals surface area (Å²) in [5, 5.41) is 9.37.